The van der Waals surface area contributed by atoms with Crippen LogP contribution in [0, 0.1) is 0 Å². The molecule has 0 bridgehead atoms. The van der Waals surface area contributed by atoms with Gasteiger partial charge in [-0.3, -0.25) is 9.59 Å². The van der Waals surface area contributed by atoms with E-state index in [2.05, 4.69) is 10.6 Å². The Kier molecular flexibility index (Phi) is 5.33. The Hall–Kier alpha value is -4.27. The fraction of sp³-hybridized carbons (Fsp3) is 0.0952. The summed E-state index contributed by atoms with van der Waals surface area (Å²) in [6, 6.07) is 9.68. The van der Waals surface area contributed by atoms with Gasteiger partial charge in [-0.25, -0.2) is 4.79 Å². The van der Waals surface area contributed by atoms with Crippen LogP contribution < -0.4 is 10.6 Å². The molecule has 0 aliphatic rings. The summed E-state index contributed by atoms with van der Waals surface area (Å²) in [6.45, 7) is 0.589. The van der Waals surface area contributed by atoms with E-state index in [1.165, 1.54) is 12.5 Å². The maximum Gasteiger partial charge on any atom is 0.323 e. The van der Waals surface area contributed by atoms with Gasteiger partial charge in [0, 0.05) is 24.5 Å². The number of nitrogens with one attached hydrogen (secondary N) is 2. The van der Waals surface area contributed by atoms with Gasteiger partial charge >= 0.3 is 6.03 Å². The second-order valence-electron chi connectivity index (χ2n) is 6.45. The number of aldehydes is 2. The monoisotopic (exact) mass is 406 g/mol. The SMILES string of the molecule is O=Cc1cccn1Cc1occc1NC(=O)Nc1ccoc1Cn1cccc1C=O. The van der Waals surface area contributed by atoms with Crippen molar-refractivity contribution in [1.82, 2.24) is 9.13 Å². The first kappa shape index (κ1) is 19.1. The molecule has 0 radical (unpaired) electrons. The predicted molar refractivity (Wildman–Crippen MR) is 108 cm³/mol. The molecule has 0 aliphatic heterocycles. The van der Waals surface area contributed by atoms with Gasteiger partial charge in [0.25, 0.3) is 0 Å². The van der Waals surface area contributed by atoms with Crippen molar-refractivity contribution < 1.29 is 23.2 Å². The van der Waals surface area contributed by atoms with E-state index in [9.17, 15) is 14.4 Å². The van der Waals surface area contributed by atoms with Crippen LogP contribution in [0.2, 0.25) is 0 Å². The smallest absolute Gasteiger partial charge is 0.323 e. The highest BCUT2D eigenvalue weighted by Gasteiger charge is 2.15. The number of rotatable bonds is 8. The molecule has 9 nitrogen and oxygen atoms in total. The molecule has 0 saturated carbocycles. The number of aromatic nitrogens is 2. The number of anilines is 2. The third-order valence-electron chi connectivity index (χ3n) is 4.59. The third kappa shape index (κ3) is 3.95. The normalized spacial score (nSPS) is 10.7. The first-order valence-electron chi connectivity index (χ1n) is 9.09. The van der Waals surface area contributed by atoms with Crippen molar-refractivity contribution in [3.05, 3.63) is 84.2 Å². The number of nitrogens with zero attached hydrogens (tertiary/aromatic N) is 2. The van der Waals surface area contributed by atoms with Crippen molar-refractivity contribution in [1.29, 1.82) is 0 Å². The lowest BCUT2D eigenvalue weighted by molar-refractivity contribution is 0.110. The molecule has 4 rings (SSSR count). The van der Waals surface area contributed by atoms with Gasteiger partial charge in [0.15, 0.2) is 12.6 Å². The summed E-state index contributed by atoms with van der Waals surface area (Å²) in [5, 5.41) is 5.47. The van der Waals surface area contributed by atoms with E-state index >= 15 is 0 Å². The summed E-state index contributed by atoms with van der Waals surface area (Å²) in [5.74, 6) is 1.000. The molecule has 4 aromatic rings. The highest BCUT2D eigenvalue weighted by atomic mass is 16.3. The molecule has 0 unspecified atom stereocenters. The number of hydrogen-bond acceptors (Lipinski definition) is 5. The minimum atomic E-state index is -0.480. The van der Waals surface area contributed by atoms with Crippen LogP contribution in [-0.4, -0.2) is 27.7 Å². The highest BCUT2D eigenvalue weighted by Crippen LogP contribution is 2.22. The van der Waals surface area contributed by atoms with Crippen molar-refractivity contribution in [3.63, 3.8) is 0 Å². The van der Waals surface area contributed by atoms with E-state index in [1.807, 2.05) is 0 Å². The molecule has 0 aliphatic carbocycles. The van der Waals surface area contributed by atoms with E-state index in [0.717, 1.165) is 12.6 Å². The quantitative estimate of drug-likeness (QED) is 0.432. The topological polar surface area (TPSA) is 111 Å². The predicted octanol–water partition coefficient (Wildman–Crippen LogP) is 3.84. The molecule has 0 saturated heterocycles. The zero-order valence-electron chi connectivity index (χ0n) is 15.8. The Morgan fingerprint density at radius 3 is 1.70 bits per heavy atom. The van der Waals surface area contributed by atoms with Crippen LogP contribution in [0.4, 0.5) is 16.2 Å². The van der Waals surface area contributed by atoms with Crippen molar-refractivity contribution >= 4 is 30.0 Å². The van der Waals surface area contributed by atoms with Gasteiger partial charge in [-0.1, -0.05) is 0 Å². The lowest BCUT2D eigenvalue weighted by Crippen LogP contribution is -2.20. The van der Waals surface area contributed by atoms with Gasteiger partial charge in [0.05, 0.1) is 48.4 Å². The zero-order chi connectivity index (χ0) is 20.9. The summed E-state index contributed by atoms with van der Waals surface area (Å²) in [6.07, 6.45) is 7.94. The average molecular weight is 406 g/mol. The van der Waals surface area contributed by atoms with Crippen LogP contribution in [0.3, 0.4) is 0 Å². The van der Waals surface area contributed by atoms with E-state index < -0.39 is 6.03 Å². The van der Waals surface area contributed by atoms with Crippen molar-refractivity contribution in [2.24, 2.45) is 0 Å². The second-order valence-corrected chi connectivity index (χ2v) is 6.45. The third-order valence-corrected chi connectivity index (χ3v) is 4.59. The fourth-order valence-corrected chi connectivity index (χ4v) is 3.09. The van der Waals surface area contributed by atoms with Gasteiger partial charge in [-0.05, 0) is 24.3 Å². The standard InChI is InChI=1S/C21H18N4O5/c26-13-15-3-1-7-24(15)11-19-17(5-9-29-19)22-21(28)23-18-6-10-30-20(18)12-25-8-2-4-16(25)14-27/h1-10,13-14H,11-12H2,(H2,22,23,28). The van der Waals surface area contributed by atoms with Gasteiger partial charge in [-0.15, -0.1) is 0 Å². The number of carbonyl (C=O) groups is 3. The van der Waals surface area contributed by atoms with Crippen molar-refractivity contribution in [2.45, 2.75) is 13.1 Å². The number of furan rings is 2. The Labute approximate surface area is 170 Å². The number of urea groups is 1. The molecular formula is C21H18N4O5. The molecule has 0 fully saturated rings. The molecule has 2 amide bonds. The zero-order valence-corrected chi connectivity index (χ0v) is 15.8. The summed E-state index contributed by atoms with van der Waals surface area (Å²) < 4.78 is 14.3. The molecule has 2 N–H and O–H groups in total. The average Bonchev–Trinajstić information content (AvgIpc) is 3.52. The van der Waals surface area contributed by atoms with Gasteiger partial charge in [-0.2, -0.15) is 0 Å². The van der Waals surface area contributed by atoms with Crippen LogP contribution in [0.1, 0.15) is 32.5 Å². The second kappa shape index (κ2) is 8.39. The first-order chi connectivity index (χ1) is 14.7. The Balaban J connectivity index is 1.43. The number of amides is 2. The Morgan fingerprint density at radius 2 is 1.27 bits per heavy atom. The van der Waals surface area contributed by atoms with Crippen LogP contribution in [-0.2, 0) is 13.1 Å². The minimum Gasteiger partial charge on any atom is -0.465 e. The number of hydrogen-bond donors (Lipinski definition) is 2. The molecular weight excluding hydrogens is 388 g/mol. The molecule has 0 spiro atoms. The maximum atomic E-state index is 12.5. The fourth-order valence-electron chi connectivity index (χ4n) is 3.09. The van der Waals surface area contributed by atoms with Crippen molar-refractivity contribution in [2.75, 3.05) is 10.6 Å². The molecule has 30 heavy (non-hydrogen) atoms. The minimum absolute atomic E-state index is 0.294. The number of carbonyl (C=O) groups excluding carboxylic acids is 3. The van der Waals surface area contributed by atoms with Gasteiger partial charge in [0.2, 0.25) is 0 Å². The first-order valence-corrected chi connectivity index (χ1v) is 9.09. The van der Waals surface area contributed by atoms with Crippen LogP contribution >= 0.6 is 0 Å². The van der Waals surface area contributed by atoms with E-state index in [4.69, 9.17) is 8.83 Å². The molecule has 0 aromatic carbocycles. The highest BCUT2D eigenvalue weighted by molar-refractivity contribution is 6.00. The van der Waals surface area contributed by atoms with E-state index in [0.29, 0.717) is 47.4 Å². The molecule has 4 aromatic heterocycles. The van der Waals surface area contributed by atoms with Crippen LogP contribution in [0.5, 0.6) is 0 Å². The molecule has 4 heterocycles. The lowest BCUT2D eigenvalue weighted by atomic mass is 10.3. The van der Waals surface area contributed by atoms with E-state index in [1.54, 1.807) is 57.9 Å². The molecule has 9 heteroatoms. The van der Waals surface area contributed by atoms with E-state index in [-0.39, 0.29) is 0 Å². The van der Waals surface area contributed by atoms with Gasteiger partial charge < -0.3 is 28.6 Å². The maximum absolute atomic E-state index is 12.5. The Morgan fingerprint density at radius 1 is 0.800 bits per heavy atom. The molecule has 152 valence electrons. The summed E-state index contributed by atoms with van der Waals surface area (Å²) >= 11 is 0. The summed E-state index contributed by atoms with van der Waals surface area (Å²) in [4.78, 5) is 34.7. The largest absolute Gasteiger partial charge is 0.465 e. The van der Waals surface area contributed by atoms with Crippen LogP contribution in [0.25, 0.3) is 0 Å². The van der Waals surface area contributed by atoms with Crippen LogP contribution in [0.15, 0.2) is 70.2 Å². The molecule has 0 atom stereocenters. The summed E-state index contributed by atoms with van der Waals surface area (Å²) in [5.41, 5.74) is 1.97. The Bertz CT molecular complexity index is 1090. The van der Waals surface area contributed by atoms with Gasteiger partial charge in [0.1, 0.15) is 11.5 Å². The van der Waals surface area contributed by atoms with Crippen molar-refractivity contribution in [3.8, 4) is 0 Å². The summed E-state index contributed by atoms with van der Waals surface area (Å²) in [7, 11) is 0. The lowest BCUT2D eigenvalue weighted by Gasteiger charge is -2.10.